The molecule has 3 rings (SSSR count). The quantitative estimate of drug-likeness (QED) is 0.361. The molecule has 0 aliphatic heterocycles. The Labute approximate surface area is 229 Å². The number of nitrogens with zero attached hydrogens (tertiary/aromatic N) is 2. The Bertz CT molecular complexity index is 1340. The van der Waals surface area contributed by atoms with Crippen molar-refractivity contribution in [2.24, 2.45) is 0 Å². The smallest absolute Gasteiger partial charge is 0.264 e. The molecule has 0 unspecified atom stereocenters. The van der Waals surface area contributed by atoms with Crippen molar-refractivity contribution in [1.82, 2.24) is 10.2 Å². The molecule has 10 heteroatoms. The fourth-order valence-corrected chi connectivity index (χ4v) is 5.59. The largest absolute Gasteiger partial charge is 0.495 e. The van der Waals surface area contributed by atoms with Crippen LogP contribution in [0.5, 0.6) is 5.75 Å². The van der Waals surface area contributed by atoms with Crippen molar-refractivity contribution in [3.63, 3.8) is 0 Å². The number of hydrogen-bond donors (Lipinski definition) is 1. The van der Waals surface area contributed by atoms with Gasteiger partial charge in [-0.15, -0.1) is 0 Å². The number of rotatable bonds is 12. The summed E-state index contributed by atoms with van der Waals surface area (Å²) in [6.45, 7) is 3.47. The Kier molecular flexibility index (Phi) is 10.2. The maximum absolute atomic E-state index is 13.8. The van der Waals surface area contributed by atoms with Gasteiger partial charge in [-0.05, 0) is 56.2 Å². The summed E-state index contributed by atoms with van der Waals surface area (Å²) in [6, 6.07) is 21.1. The zero-order valence-corrected chi connectivity index (χ0v) is 23.2. The Balaban J connectivity index is 2.03. The predicted octanol–water partition coefficient (Wildman–Crippen LogP) is 4.14. The molecule has 38 heavy (non-hydrogen) atoms. The van der Waals surface area contributed by atoms with Crippen molar-refractivity contribution in [2.75, 3.05) is 31.0 Å². The molecule has 0 aromatic heterocycles. The minimum atomic E-state index is -4.21. The van der Waals surface area contributed by atoms with Gasteiger partial charge in [0.05, 0.1) is 17.7 Å². The van der Waals surface area contributed by atoms with Crippen LogP contribution in [0, 0.1) is 0 Å². The summed E-state index contributed by atoms with van der Waals surface area (Å²) >= 11 is 6.23. The van der Waals surface area contributed by atoms with Crippen molar-refractivity contribution in [3.05, 3.63) is 89.4 Å². The maximum atomic E-state index is 13.8. The lowest BCUT2D eigenvalue weighted by atomic mass is 10.1. The molecular formula is C28H32ClN3O5S. The van der Waals surface area contributed by atoms with Gasteiger partial charge in [0.2, 0.25) is 11.8 Å². The van der Waals surface area contributed by atoms with Crippen LogP contribution in [0.15, 0.2) is 83.8 Å². The van der Waals surface area contributed by atoms with Crippen molar-refractivity contribution in [3.8, 4) is 5.75 Å². The molecule has 0 bridgehead atoms. The normalized spacial score (nSPS) is 11.9. The van der Waals surface area contributed by atoms with E-state index in [0.29, 0.717) is 13.0 Å². The highest BCUT2D eigenvalue weighted by Crippen LogP contribution is 2.35. The molecule has 0 fully saturated rings. The van der Waals surface area contributed by atoms with Crippen LogP contribution in [0.1, 0.15) is 19.4 Å². The third-order valence-corrected chi connectivity index (χ3v) is 8.03. The average molecular weight is 558 g/mol. The number of likely N-dealkylation sites (N-methyl/N-ethyl adjacent to an activating group) is 1. The maximum Gasteiger partial charge on any atom is 0.264 e. The lowest BCUT2D eigenvalue weighted by Gasteiger charge is -2.32. The van der Waals surface area contributed by atoms with Crippen LogP contribution in [0.3, 0.4) is 0 Å². The molecule has 0 aliphatic rings. The molecule has 1 atom stereocenters. The van der Waals surface area contributed by atoms with Gasteiger partial charge in [-0.2, -0.15) is 0 Å². The van der Waals surface area contributed by atoms with E-state index in [0.717, 1.165) is 9.87 Å². The van der Waals surface area contributed by atoms with Gasteiger partial charge in [0.25, 0.3) is 10.0 Å². The van der Waals surface area contributed by atoms with E-state index in [1.54, 1.807) is 44.2 Å². The minimum Gasteiger partial charge on any atom is -0.495 e. The van der Waals surface area contributed by atoms with Gasteiger partial charge in [0, 0.05) is 18.1 Å². The summed E-state index contributed by atoms with van der Waals surface area (Å²) < 4.78 is 34.1. The number of sulfonamides is 1. The number of hydrogen-bond acceptors (Lipinski definition) is 5. The van der Waals surface area contributed by atoms with Gasteiger partial charge in [-0.1, -0.05) is 60.1 Å². The molecule has 2 amide bonds. The number of carbonyl (C=O) groups excluding carboxylic acids is 2. The van der Waals surface area contributed by atoms with Gasteiger partial charge in [0.1, 0.15) is 18.3 Å². The first-order valence-electron chi connectivity index (χ1n) is 12.2. The first-order chi connectivity index (χ1) is 18.2. The monoisotopic (exact) mass is 557 g/mol. The lowest BCUT2D eigenvalue weighted by Crippen LogP contribution is -2.52. The number of ether oxygens (including phenoxy) is 1. The Morgan fingerprint density at radius 2 is 1.63 bits per heavy atom. The minimum absolute atomic E-state index is 0.00226. The van der Waals surface area contributed by atoms with Crippen LogP contribution < -0.4 is 14.4 Å². The van der Waals surface area contributed by atoms with Crippen molar-refractivity contribution in [1.29, 1.82) is 0 Å². The first-order valence-corrected chi connectivity index (χ1v) is 14.0. The van der Waals surface area contributed by atoms with E-state index in [-0.39, 0.29) is 33.8 Å². The number of amides is 2. The van der Waals surface area contributed by atoms with E-state index >= 15 is 0 Å². The summed E-state index contributed by atoms with van der Waals surface area (Å²) in [7, 11) is -2.80. The highest BCUT2D eigenvalue weighted by atomic mass is 35.5. The zero-order chi connectivity index (χ0) is 27.7. The number of methoxy groups -OCH3 is 1. The second-order valence-corrected chi connectivity index (χ2v) is 10.8. The molecule has 0 spiro atoms. The van der Waals surface area contributed by atoms with Gasteiger partial charge < -0.3 is 15.0 Å². The molecule has 202 valence electrons. The summed E-state index contributed by atoms with van der Waals surface area (Å²) in [5, 5.41) is 3.02. The predicted molar refractivity (Wildman–Crippen MR) is 149 cm³/mol. The summed E-state index contributed by atoms with van der Waals surface area (Å²) in [5.41, 5.74) is 1.10. The van der Waals surface area contributed by atoms with Crippen molar-refractivity contribution >= 4 is 39.1 Å². The molecule has 0 saturated carbocycles. The van der Waals surface area contributed by atoms with Crippen LogP contribution in [-0.2, 0) is 26.0 Å². The summed E-state index contributed by atoms with van der Waals surface area (Å²) in [6.07, 6.45) is 0.488. The Hall–Kier alpha value is -3.56. The topological polar surface area (TPSA) is 96.0 Å². The third kappa shape index (κ3) is 7.05. The molecule has 3 aromatic rings. The molecule has 1 N–H and O–H groups in total. The van der Waals surface area contributed by atoms with Crippen LogP contribution in [0.25, 0.3) is 0 Å². The molecule has 3 aromatic carbocycles. The van der Waals surface area contributed by atoms with Crippen molar-refractivity contribution in [2.45, 2.75) is 31.2 Å². The Morgan fingerprint density at radius 3 is 2.24 bits per heavy atom. The van der Waals surface area contributed by atoms with Crippen LogP contribution in [0.2, 0.25) is 5.02 Å². The van der Waals surface area contributed by atoms with Crippen LogP contribution in [0.4, 0.5) is 5.69 Å². The van der Waals surface area contributed by atoms with E-state index in [1.807, 2.05) is 30.3 Å². The Morgan fingerprint density at radius 1 is 1.00 bits per heavy atom. The van der Waals surface area contributed by atoms with E-state index in [9.17, 15) is 18.0 Å². The highest BCUT2D eigenvalue weighted by molar-refractivity contribution is 7.92. The number of benzene rings is 3. The second kappa shape index (κ2) is 13.3. The number of halogens is 1. The highest BCUT2D eigenvalue weighted by Gasteiger charge is 2.33. The van der Waals surface area contributed by atoms with Gasteiger partial charge >= 0.3 is 0 Å². The van der Waals surface area contributed by atoms with Gasteiger partial charge in [0.15, 0.2) is 0 Å². The third-order valence-electron chi connectivity index (χ3n) is 6.02. The standard InChI is InChI=1S/C28H32ClN3O5S/c1-4-30-28(34)21(2)31(18-17-22-11-7-5-8-12-22)27(33)20-32(25-19-23(29)15-16-26(25)37-3)38(35,36)24-13-9-6-10-14-24/h5-16,19,21H,4,17-18,20H2,1-3H3,(H,30,34)/t21-/m0/s1. The van der Waals surface area contributed by atoms with Crippen LogP contribution in [-0.4, -0.2) is 57.9 Å². The van der Waals surface area contributed by atoms with Gasteiger partial charge in [-0.25, -0.2) is 8.42 Å². The van der Waals surface area contributed by atoms with Crippen molar-refractivity contribution < 1.29 is 22.7 Å². The number of anilines is 1. The van der Waals surface area contributed by atoms with E-state index in [4.69, 9.17) is 16.3 Å². The molecule has 0 radical (unpaired) electrons. The zero-order valence-electron chi connectivity index (χ0n) is 21.6. The average Bonchev–Trinajstić information content (AvgIpc) is 2.92. The lowest BCUT2D eigenvalue weighted by molar-refractivity contribution is -0.138. The fraction of sp³-hybridized carbons (Fsp3) is 0.286. The SMILES string of the molecule is CCNC(=O)[C@H](C)N(CCc1ccccc1)C(=O)CN(c1cc(Cl)ccc1OC)S(=O)(=O)c1ccccc1. The van der Waals surface area contributed by atoms with E-state index < -0.39 is 28.5 Å². The summed E-state index contributed by atoms with van der Waals surface area (Å²) in [4.78, 5) is 28.0. The molecule has 0 heterocycles. The van der Waals surface area contributed by atoms with Gasteiger partial charge in [-0.3, -0.25) is 13.9 Å². The fourth-order valence-electron chi connectivity index (χ4n) is 3.98. The molecule has 0 saturated heterocycles. The van der Waals surface area contributed by atoms with E-state index in [1.165, 1.54) is 30.2 Å². The number of nitrogens with one attached hydrogen (secondary N) is 1. The van der Waals surface area contributed by atoms with Crippen LogP contribution >= 0.6 is 11.6 Å². The second-order valence-electron chi connectivity index (χ2n) is 8.53. The molecule has 8 nitrogen and oxygen atoms in total. The molecular weight excluding hydrogens is 526 g/mol. The van der Waals surface area contributed by atoms with E-state index in [2.05, 4.69) is 5.32 Å². The molecule has 0 aliphatic carbocycles. The first kappa shape index (κ1) is 29.0. The number of carbonyl (C=O) groups is 2. The summed E-state index contributed by atoms with van der Waals surface area (Å²) in [5.74, 6) is -0.637.